The van der Waals surface area contributed by atoms with Crippen LogP contribution in [0.2, 0.25) is 0 Å². The monoisotopic (exact) mass is 401 g/mol. The van der Waals surface area contributed by atoms with Gasteiger partial charge in [-0.2, -0.15) is 0 Å². The van der Waals surface area contributed by atoms with E-state index >= 15 is 0 Å². The van der Waals surface area contributed by atoms with Gasteiger partial charge in [0.05, 0.1) is 18.2 Å². The quantitative estimate of drug-likeness (QED) is 0.822. The first-order valence-corrected chi connectivity index (χ1v) is 9.55. The number of hydrogen-bond acceptors (Lipinski definition) is 6. The number of carboxylic acid groups (broad SMARTS) is 1. The maximum absolute atomic E-state index is 12.3. The number of ether oxygens (including phenoxy) is 3. The number of anilines is 1. The van der Waals surface area contributed by atoms with E-state index in [-0.39, 0.29) is 18.1 Å². The van der Waals surface area contributed by atoms with Crippen molar-refractivity contribution < 1.29 is 28.9 Å². The molecule has 1 saturated heterocycles. The molecule has 2 aliphatic rings. The molecule has 9 heteroatoms. The van der Waals surface area contributed by atoms with Gasteiger partial charge in [-0.05, 0) is 25.0 Å². The van der Waals surface area contributed by atoms with Crippen molar-refractivity contribution in [2.24, 2.45) is 5.92 Å². The van der Waals surface area contributed by atoms with Crippen LogP contribution >= 0.6 is 0 Å². The summed E-state index contributed by atoms with van der Waals surface area (Å²) >= 11 is 0. The Hall–Kier alpha value is -3.23. The molecule has 9 nitrogen and oxygen atoms in total. The zero-order valence-electron chi connectivity index (χ0n) is 16.5. The molecule has 0 radical (unpaired) electrons. The first kappa shape index (κ1) is 19.1. The van der Waals surface area contributed by atoms with Gasteiger partial charge in [0.25, 0.3) is 0 Å². The molecule has 1 aromatic heterocycles. The Labute approximate surface area is 167 Å². The third-order valence-electron chi connectivity index (χ3n) is 5.13. The smallest absolute Gasteiger partial charge is 0.415 e. The number of fused-ring (bicyclic) bond motifs is 3. The van der Waals surface area contributed by atoms with Crippen LogP contribution in [-0.2, 0) is 16.1 Å². The van der Waals surface area contributed by atoms with Crippen LogP contribution in [-0.4, -0.2) is 52.1 Å². The summed E-state index contributed by atoms with van der Waals surface area (Å²) in [5.41, 5.74) is 0.748. The molecule has 1 N–H and O–H groups in total. The molecular formula is C20H23N3O6. The zero-order valence-corrected chi connectivity index (χ0v) is 16.5. The molecular weight excluding hydrogens is 378 g/mol. The topological polar surface area (TPSA) is 103 Å². The predicted octanol–water partition coefficient (Wildman–Crippen LogP) is 2.78. The Balaban J connectivity index is 1.68. The van der Waals surface area contributed by atoms with Crippen molar-refractivity contribution in [3.05, 3.63) is 24.4 Å². The Morgan fingerprint density at radius 2 is 2.10 bits per heavy atom. The van der Waals surface area contributed by atoms with Gasteiger partial charge in [-0.15, -0.1) is 0 Å². The molecule has 0 saturated carbocycles. The van der Waals surface area contributed by atoms with E-state index in [1.807, 2.05) is 24.6 Å². The van der Waals surface area contributed by atoms with Crippen LogP contribution in [0.3, 0.4) is 0 Å². The van der Waals surface area contributed by atoms with Gasteiger partial charge in [0.2, 0.25) is 0 Å². The Morgan fingerprint density at radius 1 is 1.31 bits per heavy atom. The number of nitrogens with zero attached hydrogens (tertiary/aromatic N) is 3. The fourth-order valence-corrected chi connectivity index (χ4v) is 3.48. The highest BCUT2D eigenvalue weighted by Crippen LogP contribution is 2.37. The molecule has 29 heavy (non-hydrogen) atoms. The molecule has 1 fully saturated rings. The van der Waals surface area contributed by atoms with Crippen LogP contribution in [0.1, 0.15) is 20.8 Å². The summed E-state index contributed by atoms with van der Waals surface area (Å²) in [5.74, 6) is 1.37. The molecule has 3 heterocycles. The van der Waals surface area contributed by atoms with Crippen LogP contribution in [0.4, 0.5) is 10.6 Å². The van der Waals surface area contributed by atoms with Crippen molar-refractivity contribution >= 4 is 17.9 Å². The van der Waals surface area contributed by atoms with Crippen molar-refractivity contribution in [3.63, 3.8) is 0 Å². The minimum atomic E-state index is -1.04. The highest BCUT2D eigenvalue weighted by molar-refractivity contribution is 5.89. The predicted molar refractivity (Wildman–Crippen MR) is 103 cm³/mol. The van der Waals surface area contributed by atoms with Crippen LogP contribution in [0, 0.1) is 5.92 Å². The van der Waals surface area contributed by atoms with Crippen molar-refractivity contribution in [1.82, 2.24) is 9.55 Å². The van der Waals surface area contributed by atoms with E-state index in [0.29, 0.717) is 42.9 Å². The van der Waals surface area contributed by atoms with Gasteiger partial charge in [0, 0.05) is 12.3 Å². The lowest BCUT2D eigenvalue weighted by atomic mass is 10.1. The van der Waals surface area contributed by atoms with E-state index in [9.17, 15) is 9.59 Å². The first-order valence-electron chi connectivity index (χ1n) is 9.55. The van der Waals surface area contributed by atoms with E-state index in [2.05, 4.69) is 0 Å². The molecule has 4 rings (SSSR count). The number of carboxylic acids is 1. The average Bonchev–Trinajstić information content (AvgIpc) is 3.21. The van der Waals surface area contributed by atoms with Crippen LogP contribution in [0.25, 0.3) is 11.4 Å². The normalized spacial score (nSPS) is 19.1. The molecule has 0 aliphatic carbocycles. The van der Waals surface area contributed by atoms with E-state index in [1.54, 1.807) is 23.1 Å². The number of hydrogen-bond donors (Lipinski definition) is 1. The number of carbonyl (C=O) groups excluding carboxylic acids is 1. The molecule has 1 unspecified atom stereocenters. The highest BCUT2D eigenvalue weighted by Gasteiger charge is 2.38. The number of benzene rings is 1. The maximum atomic E-state index is 12.3. The largest absolute Gasteiger partial charge is 0.491 e. The Morgan fingerprint density at radius 3 is 2.83 bits per heavy atom. The van der Waals surface area contributed by atoms with Crippen LogP contribution < -0.4 is 14.4 Å². The number of cyclic esters (lactones) is 1. The summed E-state index contributed by atoms with van der Waals surface area (Å²) < 4.78 is 18.4. The second-order valence-corrected chi connectivity index (χ2v) is 7.48. The van der Waals surface area contributed by atoms with Crippen LogP contribution in [0.5, 0.6) is 11.5 Å². The number of amides is 1. The highest BCUT2D eigenvalue weighted by atomic mass is 16.6. The van der Waals surface area contributed by atoms with Gasteiger partial charge in [-0.3, -0.25) is 4.90 Å². The molecule has 1 amide bonds. The fourth-order valence-electron chi connectivity index (χ4n) is 3.48. The lowest BCUT2D eigenvalue weighted by Gasteiger charge is -2.21. The van der Waals surface area contributed by atoms with Crippen molar-refractivity contribution in [3.8, 4) is 22.9 Å². The SMILES string of the molecule is CC(C)C1COC(=O)N1c1cn2c(n1)-c1ccc(O[C@@H](C)C(=O)O)cc1OCC2. The molecule has 2 aliphatic heterocycles. The maximum Gasteiger partial charge on any atom is 0.415 e. The number of imidazole rings is 1. The van der Waals surface area contributed by atoms with Crippen molar-refractivity contribution in [2.45, 2.75) is 39.5 Å². The second kappa shape index (κ2) is 7.31. The van der Waals surface area contributed by atoms with E-state index in [1.165, 1.54) is 6.92 Å². The summed E-state index contributed by atoms with van der Waals surface area (Å²) in [6.07, 6.45) is 0.480. The van der Waals surface area contributed by atoms with E-state index in [4.69, 9.17) is 24.3 Å². The summed E-state index contributed by atoms with van der Waals surface area (Å²) in [6.45, 7) is 6.88. The Bertz CT molecular complexity index is 954. The van der Waals surface area contributed by atoms with Crippen molar-refractivity contribution in [2.75, 3.05) is 18.1 Å². The second-order valence-electron chi connectivity index (χ2n) is 7.48. The van der Waals surface area contributed by atoms with E-state index < -0.39 is 12.1 Å². The summed E-state index contributed by atoms with van der Waals surface area (Å²) in [7, 11) is 0. The van der Waals surface area contributed by atoms with Gasteiger partial charge in [0.15, 0.2) is 11.9 Å². The number of aromatic nitrogens is 2. The van der Waals surface area contributed by atoms with Gasteiger partial charge >= 0.3 is 12.1 Å². The number of rotatable bonds is 5. The fraction of sp³-hybridized carbons (Fsp3) is 0.450. The zero-order chi connectivity index (χ0) is 20.7. The summed E-state index contributed by atoms with van der Waals surface area (Å²) in [5, 5.41) is 9.03. The van der Waals surface area contributed by atoms with Gasteiger partial charge in [-0.25, -0.2) is 14.6 Å². The Kier molecular flexibility index (Phi) is 4.81. The summed E-state index contributed by atoms with van der Waals surface area (Å²) in [6, 6.07) is 5.08. The first-order chi connectivity index (χ1) is 13.8. The minimum Gasteiger partial charge on any atom is -0.491 e. The molecule has 0 bridgehead atoms. The van der Waals surface area contributed by atoms with Crippen molar-refractivity contribution in [1.29, 1.82) is 0 Å². The molecule has 1 aromatic carbocycles. The third kappa shape index (κ3) is 3.48. The number of carbonyl (C=O) groups is 2. The van der Waals surface area contributed by atoms with Gasteiger partial charge in [-0.1, -0.05) is 13.8 Å². The van der Waals surface area contributed by atoms with Gasteiger partial charge in [0.1, 0.15) is 30.5 Å². The lowest BCUT2D eigenvalue weighted by molar-refractivity contribution is -0.144. The lowest BCUT2D eigenvalue weighted by Crippen LogP contribution is -2.37. The minimum absolute atomic E-state index is 0.0642. The number of aliphatic carboxylic acids is 1. The molecule has 154 valence electrons. The van der Waals surface area contributed by atoms with E-state index in [0.717, 1.165) is 5.56 Å². The molecule has 2 atom stereocenters. The molecule has 2 aromatic rings. The summed E-state index contributed by atoms with van der Waals surface area (Å²) in [4.78, 5) is 29.6. The van der Waals surface area contributed by atoms with Crippen LogP contribution in [0.15, 0.2) is 24.4 Å². The average molecular weight is 401 g/mol. The third-order valence-corrected chi connectivity index (χ3v) is 5.13. The van der Waals surface area contributed by atoms with Gasteiger partial charge < -0.3 is 23.9 Å². The standard InChI is InChI=1S/C20H23N3O6/c1-11(2)15-10-28-20(26)23(15)17-9-22-6-7-27-16-8-13(29-12(3)19(24)25)4-5-14(16)18(22)21-17/h4-5,8-9,11-12,15H,6-7,10H2,1-3H3,(H,24,25)/t12-,15?/m0/s1. The molecule has 0 spiro atoms.